The van der Waals surface area contributed by atoms with Crippen LogP contribution >= 0.6 is 24.0 Å². The van der Waals surface area contributed by atoms with E-state index in [4.69, 9.17) is 0 Å². The number of hydrogen-bond acceptors (Lipinski definition) is 4. The highest BCUT2D eigenvalue weighted by atomic mass is 127. The summed E-state index contributed by atoms with van der Waals surface area (Å²) in [4.78, 5) is 4.14. The molecule has 1 fully saturated rings. The molecule has 3 rings (SSSR count). The summed E-state index contributed by atoms with van der Waals surface area (Å²) in [6, 6.07) is 9.45. The van der Waals surface area contributed by atoms with Gasteiger partial charge in [-0.1, -0.05) is 12.1 Å². The van der Waals surface area contributed by atoms with E-state index in [1.54, 1.807) is 17.9 Å². The minimum Gasteiger partial charge on any atom is -0.354 e. The third-order valence-corrected chi connectivity index (χ3v) is 6.42. The molecule has 2 N–H and O–H groups in total. The minimum atomic E-state index is -5.27. The third kappa shape index (κ3) is 6.32. The molecule has 2 aromatic rings. The van der Waals surface area contributed by atoms with E-state index in [0.29, 0.717) is 16.8 Å². The van der Waals surface area contributed by atoms with Gasteiger partial charge in [-0.2, -0.15) is 22.6 Å². The number of guanidine groups is 1. The van der Waals surface area contributed by atoms with Crippen molar-refractivity contribution in [1.82, 2.24) is 24.7 Å². The highest BCUT2D eigenvalue weighted by molar-refractivity contribution is 14.0. The predicted molar refractivity (Wildman–Crippen MR) is 122 cm³/mol. The Kier molecular flexibility index (Phi) is 8.71. The zero-order valence-electron chi connectivity index (χ0n) is 16.7. The summed E-state index contributed by atoms with van der Waals surface area (Å²) < 4.78 is 63.3. The van der Waals surface area contributed by atoms with Gasteiger partial charge in [0, 0.05) is 45.1 Å². The number of nitrogens with one attached hydrogen (secondary N) is 2. The lowest BCUT2D eigenvalue weighted by molar-refractivity contribution is -0.0494. The van der Waals surface area contributed by atoms with Gasteiger partial charge in [0.15, 0.2) is 5.96 Å². The van der Waals surface area contributed by atoms with Crippen molar-refractivity contribution in [2.75, 3.05) is 20.1 Å². The minimum absolute atomic E-state index is 0. The van der Waals surface area contributed by atoms with Crippen LogP contribution in [0.4, 0.5) is 13.2 Å². The second kappa shape index (κ2) is 10.6. The van der Waals surface area contributed by atoms with Crippen LogP contribution in [0, 0.1) is 0 Å². The van der Waals surface area contributed by atoms with E-state index in [2.05, 4.69) is 20.7 Å². The Morgan fingerprint density at radius 2 is 1.97 bits per heavy atom. The third-order valence-electron chi connectivity index (χ3n) is 4.79. The smallest absolute Gasteiger partial charge is 0.354 e. The normalized spacial score (nSPS) is 16.6. The summed E-state index contributed by atoms with van der Waals surface area (Å²) >= 11 is 0. The van der Waals surface area contributed by atoms with Crippen molar-refractivity contribution in [1.29, 1.82) is 0 Å². The number of rotatable bonds is 5. The summed E-state index contributed by atoms with van der Waals surface area (Å²) in [6.45, 7) is 0.0981. The Balaban J connectivity index is 0.00000341. The maximum Gasteiger partial charge on any atom is 0.511 e. The van der Waals surface area contributed by atoms with Gasteiger partial charge in [-0.3, -0.25) is 4.99 Å². The molecule has 0 saturated carbocycles. The van der Waals surface area contributed by atoms with E-state index < -0.39 is 15.5 Å². The molecule has 1 aliphatic heterocycles. The molecule has 0 aliphatic carbocycles. The highest BCUT2D eigenvalue weighted by Gasteiger charge is 2.50. The zero-order valence-corrected chi connectivity index (χ0v) is 19.9. The Morgan fingerprint density at radius 3 is 2.55 bits per heavy atom. The number of aliphatic imine (C=N–C) groups is 1. The van der Waals surface area contributed by atoms with E-state index in [1.807, 2.05) is 36.5 Å². The van der Waals surface area contributed by atoms with Crippen LogP contribution < -0.4 is 10.6 Å². The van der Waals surface area contributed by atoms with Gasteiger partial charge >= 0.3 is 15.5 Å². The molecule has 0 atom stereocenters. The first-order chi connectivity index (χ1) is 14.2. The first-order valence-electron chi connectivity index (χ1n) is 9.33. The lowest BCUT2D eigenvalue weighted by Gasteiger charge is -2.32. The van der Waals surface area contributed by atoms with E-state index in [0.717, 1.165) is 11.3 Å². The summed E-state index contributed by atoms with van der Waals surface area (Å²) in [7, 11) is -3.68. The molecule has 172 valence electrons. The fourth-order valence-electron chi connectivity index (χ4n) is 3.19. The van der Waals surface area contributed by atoms with Gasteiger partial charge in [-0.05, 0) is 36.6 Å². The summed E-state index contributed by atoms with van der Waals surface area (Å²) in [6.07, 6.45) is 4.05. The summed E-state index contributed by atoms with van der Waals surface area (Å²) in [5, 5.41) is 10.5. The molecule has 1 saturated heterocycles. The number of hydrogen-bond donors (Lipinski definition) is 2. The lowest BCUT2D eigenvalue weighted by Crippen LogP contribution is -2.51. The molecule has 31 heavy (non-hydrogen) atoms. The van der Waals surface area contributed by atoms with E-state index >= 15 is 0 Å². The number of benzene rings is 1. The molecule has 2 heterocycles. The average Bonchev–Trinajstić information content (AvgIpc) is 3.26. The van der Waals surface area contributed by atoms with Crippen molar-refractivity contribution < 1.29 is 21.6 Å². The van der Waals surface area contributed by atoms with Crippen LogP contribution in [0.5, 0.6) is 0 Å². The largest absolute Gasteiger partial charge is 0.511 e. The lowest BCUT2D eigenvalue weighted by atomic mass is 10.1. The number of piperidine rings is 1. The molecule has 13 heteroatoms. The molecule has 0 bridgehead atoms. The van der Waals surface area contributed by atoms with Crippen molar-refractivity contribution >= 4 is 40.0 Å². The number of sulfonamides is 1. The van der Waals surface area contributed by atoms with Crippen molar-refractivity contribution in [2.24, 2.45) is 4.99 Å². The number of nitrogens with zero attached hydrogens (tertiary/aromatic N) is 4. The zero-order chi connectivity index (χ0) is 21.8. The molecule has 1 aromatic heterocycles. The standard InChI is InChI=1S/C18H23F3N6O2S.HI/c1-22-17(23-13-14-4-2-5-16(12-14)27-9-3-8-24-27)25-15-6-10-26(11-7-15)30(28,29)18(19,20)21;/h2-5,8-9,12,15H,6-7,10-11,13H2,1H3,(H2,22,23,25);1H. The molecule has 0 unspecified atom stereocenters. The molecule has 1 aromatic carbocycles. The van der Waals surface area contributed by atoms with Crippen LogP contribution in [-0.4, -0.2) is 60.2 Å². The SMILES string of the molecule is CN=C(NCc1cccc(-n2cccn2)c1)NC1CCN(S(=O)(=O)C(F)(F)F)CC1.I. The molecule has 1 aliphatic rings. The van der Waals surface area contributed by atoms with E-state index in [9.17, 15) is 21.6 Å². The van der Waals surface area contributed by atoms with Crippen molar-refractivity contribution in [3.05, 3.63) is 48.3 Å². The maximum atomic E-state index is 12.7. The van der Waals surface area contributed by atoms with Crippen LogP contribution in [0.2, 0.25) is 0 Å². The van der Waals surface area contributed by atoms with Crippen molar-refractivity contribution in [3.63, 3.8) is 0 Å². The van der Waals surface area contributed by atoms with Gasteiger partial charge in [0.1, 0.15) is 0 Å². The van der Waals surface area contributed by atoms with Gasteiger partial charge < -0.3 is 10.6 Å². The Morgan fingerprint density at radius 1 is 1.26 bits per heavy atom. The summed E-state index contributed by atoms with van der Waals surface area (Å²) in [5.74, 6) is 0.497. The Bertz CT molecular complexity index is 974. The topological polar surface area (TPSA) is 91.6 Å². The van der Waals surface area contributed by atoms with Crippen molar-refractivity contribution in [2.45, 2.75) is 30.9 Å². The van der Waals surface area contributed by atoms with Gasteiger partial charge in [-0.25, -0.2) is 13.1 Å². The first kappa shape index (κ1) is 25.4. The molecule has 0 radical (unpaired) electrons. The van der Waals surface area contributed by atoms with Gasteiger partial charge in [0.2, 0.25) is 0 Å². The molecule has 8 nitrogen and oxygen atoms in total. The highest BCUT2D eigenvalue weighted by Crippen LogP contribution is 2.28. The fourth-order valence-corrected chi connectivity index (χ4v) is 4.18. The molecular formula is C18H24F3IN6O2S. The Hall–Kier alpha value is -1.87. The van der Waals surface area contributed by atoms with Crippen LogP contribution in [0.1, 0.15) is 18.4 Å². The average molecular weight is 572 g/mol. The van der Waals surface area contributed by atoms with Crippen LogP contribution in [-0.2, 0) is 16.6 Å². The molecule has 0 spiro atoms. The molecular weight excluding hydrogens is 548 g/mol. The number of aromatic nitrogens is 2. The summed E-state index contributed by atoms with van der Waals surface area (Å²) in [5.41, 5.74) is -3.35. The molecule has 0 amide bonds. The van der Waals surface area contributed by atoms with Crippen LogP contribution in [0.3, 0.4) is 0 Å². The second-order valence-corrected chi connectivity index (χ2v) is 8.74. The van der Waals surface area contributed by atoms with Crippen LogP contribution in [0.25, 0.3) is 5.69 Å². The monoisotopic (exact) mass is 572 g/mol. The van der Waals surface area contributed by atoms with E-state index in [-0.39, 0.29) is 55.9 Å². The number of halogens is 4. The second-order valence-electron chi connectivity index (χ2n) is 6.81. The van der Waals surface area contributed by atoms with Gasteiger partial charge in [-0.15, -0.1) is 24.0 Å². The Labute approximate surface area is 196 Å². The first-order valence-corrected chi connectivity index (χ1v) is 10.8. The van der Waals surface area contributed by atoms with Gasteiger partial charge in [0.05, 0.1) is 5.69 Å². The van der Waals surface area contributed by atoms with Gasteiger partial charge in [0.25, 0.3) is 0 Å². The predicted octanol–water partition coefficient (Wildman–Crippen LogP) is 2.47. The van der Waals surface area contributed by atoms with E-state index in [1.165, 1.54) is 0 Å². The maximum absolute atomic E-state index is 12.7. The van der Waals surface area contributed by atoms with Crippen molar-refractivity contribution in [3.8, 4) is 5.69 Å². The van der Waals surface area contributed by atoms with Crippen LogP contribution in [0.15, 0.2) is 47.7 Å². The fraction of sp³-hybridized carbons (Fsp3) is 0.444. The quantitative estimate of drug-likeness (QED) is 0.327. The number of alkyl halides is 3.